The fourth-order valence-electron chi connectivity index (χ4n) is 3.17. The zero-order valence-electron chi connectivity index (χ0n) is 12.5. The Morgan fingerprint density at radius 1 is 1.40 bits per heavy atom. The van der Waals surface area contributed by atoms with Crippen LogP contribution in [0.2, 0.25) is 0 Å². The lowest BCUT2D eigenvalue weighted by atomic mass is 9.86. The topological polar surface area (TPSA) is 46.3 Å². The SMILES string of the molecule is CC(C)(N)c1cccc2c1CCCN2C(=O)CC1CC1. The summed E-state index contributed by atoms with van der Waals surface area (Å²) in [4.78, 5) is 14.5. The van der Waals surface area contributed by atoms with Crippen molar-refractivity contribution in [1.29, 1.82) is 0 Å². The summed E-state index contributed by atoms with van der Waals surface area (Å²) in [5.41, 5.74) is 9.48. The molecule has 2 aliphatic rings. The lowest BCUT2D eigenvalue weighted by Gasteiger charge is -2.34. The Bertz CT molecular complexity index is 526. The van der Waals surface area contributed by atoms with Gasteiger partial charge in [-0.25, -0.2) is 0 Å². The fourth-order valence-corrected chi connectivity index (χ4v) is 3.17. The molecule has 0 radical (unpaired) electrons. The van der Waals surface area contributed by atoms with E-state index in [9.17, 15) is 4.79 Å². The third-order valence-corrected chi connectivity index (χ3v) is 4.41. The zero-order valence-corrected chi connectivity index (χ0v) is 12.5. The molecular formula is C17H24N2O. The Morgan fingerprint density at radius 2 is 2.15 bits per heavy atom. The van der Waals surface area contributed by atoms with Crippen LogP contribution in [-0.2, 0) is 16.8 Å². The number of anilines is 1. The van der Waals surface area contributed by atoms with Crippen molar-refractivity contribution in [2.24, 2.45) is 11.7 Å². The summed E-state index contributed by atoms with van der Waals surface area (Å²) in [5.74, 6) is 0.933. The van der Waals surface area contributed by atoms with E-state index >= 15 is 0 Å². The number of fused-ring (bicyclic) bond motifs is 1. The van der Waals surface area contributed by atoms with E-state index < -0.39 is 0 Å². The van der Waals surface area contributed by atoms with Gasteiger partial charge < -0.3 is 10.6 Å². The maximum absolute atomic E-state index is 12.5. The van der Waals surface area contributed by atoms with Crippen LogP contribution < -0.4 is 10.6 Å². The largest absolute Gasteiger partial charge is 0.322 e. The van der Waals surface area contributed by atoms with Crippen LogP contribution in [-0.4, -0.2) is 12.5 Å². The number of nitrogens with two attached hydrogens (primary N) is 1. The van der Waals surface area contributed by atoms with Gasteiger partial charge in [0.2, 0.25) is 5.91 Å². The van der Waals surface area contributed by atoms with Gasteiger partial charge in [0.1, 0.15) is 0 Å². The van der Waals surface area contributed by atoms with Crippen molar-refractivity contribution in [3.8, 4) is 0 Å². The van der Waals surface area contributed by atoms with Crippen LogP contribution in [0.25, 0.3) is 0 Å². The van der Waals surface area contributed by atoms with Crippen molar-refractivity contribution in [3.05, 3.63) is 29.3 Å². The molecule has 1 heterocycles. The summed E-state index contributed by atoms with van der Waals surface area (Å²) in [6, 6.07) is 6.22. The Balaban J connectivity index is 1.94. The number of rotatable bonds is 3. The van der Waals surface area contributed by atoms with Crippen molar-refractivity contribution < 1.29 is 4.79 Å². The van der Waals surface area contributed by atoms with E-state index in [1.807, 2.05) is 24.8 Å². The number of carbonyl (C=O) groups is 1. The molecule has 0 spiro atoms. The molecule has 1 aromatic carbocycles. The van der Waals surface area contributed by atoms with Gasteiger partial charge in [0.05, 0.1) is 0 Å². The summed E-state index contributed by atoms with van der Waals surface area (Å²) in [7, 11) is 0. The van der Waals surface area contributed by atoms with E-state index in [0.29, 0.717) is 11.8 Å². The predicted molar refractivity (Wildman–Crippen MR) is 81.7 cm³/mol. The van der Waals surface area contributed by atoms with Crippen LogP contribution >= 0.6 is 0 Å². The fraction of sp³-hybridized carbons (Fsp3) is 0.588. The molecule has 1 amide bonds. The summed E-state index contributed by atoms with van der Waals surface area (Å²) < 4.78 is 0. The Morgan fingerprint density at radius 3 is 2.80 bits per heavy atom. The van der Waals surface area contributed by atoms with Crippen molar-refractivity contribution >= 4 is 11.6 Å². The molecule has 0 bridgehead atoms. The minimum Gasteiger partial charge on any atom is -0.322 e. The van der Waals surface area contributed by atoms with Crippen LogP contribution in [0.4, 0.5) is 5.69 Å². The van der Waals surface area contributed by atoms with E-state index in [2.05, 4.69) is 12.1 Å². The molecule has 0 unspecified atom stereocenters. The monoisotopic (exact) mass is 272 g/mol. The second kappa shape index (κ2) is 4.88. The predicted octanol–water partition coefficient (Wildman–Crippen LogP) is 2.96. The maximum Gasteiger partial charge on any atom is 0.227 e. The third-order valence-electron chi connectivity index (χ3n) is 4.41. The van der Waals surface area contributed by atoms with Crippen LogP contribution in [0.15, 0.2) is 18.2 Å². The average molecular weight is 272 g/mol. The van der Waals surface area contributed by atoms with Gasteiger partial charge >= 0.3 is 0 Å². The van der Waals surface area contributed by atoms with Crippen molar-refractivity contribution in [2.45, 2.75) is 51.5 Å². The van der Waals surface area contributed by atoms with Gasteiger partial charge in [-0.05, 0) is 62.6 Å². The number of benzene rings is 1. The highest BCUT2D eigenvalue weighted by atomic mass is 16.2. The Labute approximate surface area is 121 Å². The molecule has 1 fully saturated rings. The first kappa shape index (κ1) is 13.6. The highest BCUT2D eigenvalue weighted by Crippen LogP contribution is 2.37. The minimum atomic E-state index is -0.353. The van der Waals surface area contributed by atoms with Gasteiger partial charge in [-0.1, -0.05) is 12.1 Å². The van der Waals surface area contributed by atoms with Crippen LogP contribution in [0.5, 0.6) is 0 Å². The molecule has 1 aliphatic carbocycles. The van der Waals surface area contributed by atoms with E-state index in [0.717, 1.165) is 31.5 Å². The molecule has 3 rings (SSSR count). The lowest BCUT2D eigenvalue weighted by Crippen LogP contribution is -2.38. The first-order valence-corrected chi connectivity index (χ1v) is 7.68. The Hall–Kier alpha value is -1.35. The van der Waals surface area contributed by atoms with Gasteiger partial charge in [0.15, 0.2) is 0 Å². The molecule has 1 aliphatic heterocycles. The molecule has 0 atom stereocenters. The van der Waals surface area contributed by atoms with Gasteiger partial charge in [-0.3, -0.25) is 4.79 Å². The molecule has 2 N–H and O–H groups in total. The smallest absolute Gasteiger partial charge is 0.227 e. The van der Waals surface area contributed by atoms with Gasteiger partial charge in [0, 0.05) is 24.2 Å². The van der Waals surface area contributed by atoms with E-state index in [1.54, 1.807) is 0 Å². The van der Waals surface area contributed by atoms with Crippen molar-refractivity contribution in [1.82, 2.24) is 0 Å². The third kappa shape index (κ3) is 2.59. The minimum absolute atomic E-state index is 0.292. The number of amides is 1. The molecule has 3 nitrogen and oxygen atoms in total. The van der Waals surface area contributed by atoms with Crippen LogP contribution in [0.3, 0.4) is 0 Å². The number of nitrogens with zero attached hydrogens (tertiary/aromatic N) is 1. The summed E-state index contributed by atoms with van der Waals surface area (Å²) in [5, 5.41) is 0. The molecule has 108 valence electrons. The van der Waals surface area contributed by atoms with Gasteiger partial charge in [-0.2, -0.15) is 0 Å². The second-order valence-electron chi connectivity index (χ2n) is 6.82. The lowest BCUT2D eigenvalue weighted by molar-refractivity contribution is -0.119. The quantitative estimate of drug-likeness (QED) is 0.919. The molecule has 1 aromatic rings. The molecule has 3 heteroatoms. The molecule has 0 aromatic heterocycles. The normalized spacial score (nSPS) is 18.9. The zero-order chi connectivity index (χ0) is 14.3. The van der Waals surface area contributed by atoms with Gasteiger partial charge in [-0.15, -0.1) is 0 Å². The van der Waals surface area contributed by atoms with E-state index in [1.165, 1.54) is 24.0 Å². The molecule has 1 saturated carbocycles. The molecule has 0 saturated heterocycles. The van der Waals surface area contributed by atoms with Crippen LogP contribution in [0.1, 0.15) is 50.7 Å². The van der Waals surface area contributed by atoms with E-state index in [-0.39, 0.29) is 5.54 Å². The van der Waals surface area contributed by atoms with Crippen LogP contribution in [0, 0.1) is 5.92 Å². The summed E-state index contributed by atoms with van der Waals surface area (Å²) >= 11 is 0. The highest BCUT2D eigenvalue weighted by molar-refractivity contribution is 5.95. The number of hydrogen-bond donors (Lipinski definition) is 1. The number of hydrogen-bond acceptors (Lipinski definition) is 2. The summed E-state index contributed by atoms with van der Waals surface area (Å²) in [6.07, 6.45) is 5.23. The van der Waals surface area contributed by atoms with Crippen molar-refractivity contribution in [2.75, 3.05) is 11.4 Å². The Kier molecular flexibility index (Phi) is 3.33. The summed E-state index contributed by atoms with van der Waals surface area (Å²) in [6.45, 7) is 4.92. The molecular weight excluding hydrogens is 248 g/mol. The first-order chi connectivity index (χ1) is 9.47. The maximum atomic E-state index is 12.5. The standard InChI is InChI=1S/C17H24N2O/c1-17(2,18)14-6-3-7-15-13(14)5-4-10-19(15)16(20)11-12-8-9-12/h3,6-7,12H,4-5,8-11,18H2,1-2H3. The van der Waals surface area contributed by atoms with Crippen molar-refractivity contribution in [3.63, 3.8) is 0 Å². The number of carbonyl (C=O) groups excluding carboxylic acids is 1. The molecule has 20 heavy (non-hydrogen) atoms. The van der Waals surface area contributed by atoms with Gasteiger partial charge in [0.25, 0.3) is 0 Å². The van der Waals surface area contributed by atoms with E-state index in [4.69, 9.17) is 5.73 Å². The highest BCUT2D eigenvalue weighted by Gasteiger charge is 2.31. The second-order valence-corrected chi connectivity index (χ2v) is 6.82. The first-order valence-electron chi connectivity index (χ1n) is 7.68. The average Bonchev–Trinajstić information content (AvgIpc) is 3.20.